The fourth-order valence-electron chi connectivity index (χ4n) is 0.663. The van der Waals surface area contributed by atoms with Gasteiger partial charge in [0.2, 0.25) is 0 Å². The number of halogens is 1. The van der Waals surface area contributed by atoms with E-state index in [1.165, 1.54) is 0 Å². The van der Waals surface area contributed by atoms with Gasteiger partial charge in [0.25, 0.3) is 0 Å². The molecule has 0 saturated heterocycles. The van der Waals surface area contributed by atoms with Crippen molar-refractivity contribution < 1.29 is 5.11 Å². The molecule has 0 fully saturated rings. The molecule has 3 heteroatoms. The van der Waals surface area contributed by atoms with Gasteiger partial charge in [0.1, 0.15) is 5.75 Å². The van der Waals surface area contributed by atoms with Gasteiger partial charge in [-0.3, -0.25) is 0 Å². The number of rotatable bonds is 1. The summed E-state index contributed by atoms with van der Waals surface area (Å²) in [5, 5.41) is 9.27. The monoisotopic (exact) mass is 266 g/mol. The highest BCUT2D eigenvalue weighted by atomic mass is 127. The predicted molar refractivity (Wildman–Crippen MR) is 52.6 cm³/mol. The zero-order valence-electron chi connectivity index (χ0n) is 5.47. The van der Waals surface area contributed by atoms with E-state index in [-0.39, 0.29) is 0 Å². The van der Waals surface area contributed by atoms with Crippen LogP contribution in [0.4, 0.5) is 0 Å². The van der Waals surface area contributed by atoms with Gasteiger partial charge < -0.3 is 5.11 Å². The van der Waals surface area contributed by atoms with E-state index in [1.807, 2.05) is 18.4 Å². The number of phenolic OH excluding ortho intramolecular Hbond substituents is 1. The molecule has 0 atom stereocenters. The van der Waals surface area contributed by atoms with Gasteiger partial charge in [0.15, 0.2) is 0 Å². The van der Waals surface area contributed by atoms with Crippen molar-refractivity contribution in [2.75, 3.05) is 6.26 Å². The maximum absolute atomic E-state index is 9.27. The average Bonchev–Trinajstić information content (AvgIpc) is 1.88. The van der Waals surface area contributed by atoms with Gasteiger partial charge >= 0.3 is 0 Å². The van der Waals surface area contributed by atoms with Crippen LogP contribution >= 0.6 is 34.4 Å². The van der Waals surface area contributed by atoms with Gasteiger partial charge in [-0.05, 0) is 47.0 Å². The molecule has 54 valence electrons. The molecule has 0 bridgehead atoms. The average molecular weight is 266 g/mol. The molecule has 0 spiro atoms. The molecule has 0 unspecified atom stereocenters. The molecule has 1 aromatic carbocycles. The van der Waals surface area contributed by atoms with Crippen LogP contribution in [0.1, 0.15) is 0 Å². The second-order valence-corrected chi connectivity index (χ2v) is 3.91. The SMILES string of the molecule is CSc1ccc(I)cc1O. The highest BCUT2D eigenvalue weighted by Gasteiger charge is 1.97. The van der Waals surface area contributed by atoms with Crippen LogP contribution < -0.4 is 0 Å². The molecule has 1 N–H and O–H groups in total. The first-order valence-corrected chi connectivity index (χ1v) is 5.07. The van der Waals surface area contributed by atoms with E-state index in [1.54, 1.807) is 17.8 Å². The fraction of sp³-hybridized carbons (Fsp3) is 0.143. The van der Waals surface area contributed by atoms with Gasteiger partial charge in [0.05, 0.1) is 0 Å². The van der Waals surface area contributed by atoms with E-state index >= 15 is 0 Å². The van der Waals surface area contributed by atoms with E-state index in [2.05, 4.69) is 22.6 Å². The highest BCUT2D eigenvalue weighted by Crippen LogP contribution is 2.27. The largest absolute Gasteiger partial charge is 0.507 e. The lowest BCUT2D eigenvalue weighted by Crippen LogP contribution is -1.73. The zero-order valence-corrected chi connectivity index (χ0v) is 8.44. The summed E-state index contributed by atoms with van der Waals surface area (Å²) < 4.78 is 1.06. The third kappa shape index (κ3) is 1.79. The summed E-state index contributed by atoms with van der Waals surface area (Å²) in [7, 11) is 0. The van der Waals surface area contributed by atoms with Crippen molar-refractivity contribution in [3.63, 3.8) is 0 Å². The summed E-state index contributed by atoms with van der Waals surface area (Å²) in [5.74, 6) is 0.374. The first-order valence-electron chi connectivity index (χ1n) is 2.76. The summed E-state index contributed by atoms with van der Waals surface area (Å²) in [5.41, 5.74) is 0. The lowest BCUT2D eigenvalue weighted by Gasteiger charge is -1.99. The Morgan fingerprint density at radius 1 is 1.50 bits per heavy atom. The number of hydrogen-bond acceptors (Lipinski definition) is 2. The summed E-state index contributed by atoms with van der Waals surface area (Å²) in [6, 6.07) is 5.65. The molecule has 0 amide bonds. The third-order valence-electron chi connectivity index (χ3n) is 1.14. The molecule has 0 aliphatic heterocycles. The topological polar surface area (TPSA) is 20.2 Å². The first kappa shape index (κ1) is 8.20. The van der Waals surface area contributed by atoms with E-state index in [4.69, 9.17) is 0 Å². The number of thioether (sulfide) groups is 1. The fourth-order valence-corrected chi connectivity index (χ4v) is 1.61. The molecule has 0 aliphatic rings. The van der Waals surface area contributed by atoms with Crippen molar-refractivity contribution >= 4 is 34.4 Å². The van der Waals surface area contributed by atoms with Crippen molar-refractivity contribution in [2.45, 2.75) is 4.90 Å². The van der Waals surface area contributed by atoms with Gasteiger partial charge in [-0.2, -0.15) is 0 Å². The smallest absolute Gasteiger partial charge is 0.130 e. The second kappa shape index (κ2) is 3.48. The molecule has 0 radical (unpaired) electrons. The number of benzene rings is 1. The summed E-state index contributed by atoms with van der Waals surface area (Å²) in [4.78, 5) is 0.931. The van der Waals surface area contributed by atoms with E-state index in [0.717, 1.165) is 8.47 Å². The van der Waals surface area contributed by atoms with Crippen molar-refractivity contribution in [3.05, 3.63) is 21.8 Å². The van der Waals surface area contributed by atoms with E-state index < -0.39 is 0 Å². The molecule has 0 aliphatic carbocycles. The number of hydrogen-bond donors (Lipinski definition) is 1. The molecule has 1 aromatic rings. The maximum atomic E-state index is 9.27. The van der Waals surface area contributed by atoms with Gasteiger partial charge in [-0.15, -0.1) is 11.8 Å². The summed E-state index contributed by atoms with van der Waals surface area (Å²) in [6.45, 7) is 0. The normalized spacial score (nSPS) is 9.80. The van der Waals surface area contributed by atoms with Gasteiger partial charge in [-0.25, -0.2) is 0 Å². The second-order valence-electron chi connectivity index (χ2n) is 1.82. The van der Waals surface area contributed by atoms with Crippen LogP contribution in [0.3, 0.4) is 0 Å². The van der Waals surface area contributed by atoms with Crippen LogP contribution in [0.15, 0.2) is 23.1 Å². The minimum absolute atomic E-state index is 0.374. The maximum Gasteiger partial charge on any atom is 0.130 e. The molecular weight excluding hydrogens is 259 g/mol. The predicted octanol–water partition coefficient (Wildman–Crippen LogP) is 2.72. The van der Waals surface area contributed by atoms with Gasteiger partial charge in [0, 0.05) is 8.47 Å². The van der Waals surface area contributed by atoms with Crippen molar-refractivity contribution in [1.82, 2.24) is 0 Å². The molecule has 0 aromatic heterocycles. The minimum Gasteiger partial charge on any atom is -0.507 e. The van der Waals surface area contributed by atoms with Crippen LogP contribution in [-0.4, -0.2) is 11.4 Å². The standard InChI is InChI=1S/C7H7IOS/c1-10-7-3-2-5(8)4-6(7)9/h2-4,9H,1H3. The lowest BCUT2D eigenvalue weighted by atomic mass is 10.3. The van der Waals surface area contributed by atoms with Crippen molar-refractivity contribution in [3.8, 4) is 5.75 Å². The zero-order chi connectivity index (χ0) is 7.56. The molecular formula is C7H7IOS. The van der Waals surface area contributed by atoms with E-state index in [9.17, 15) is 5.11 Å². The summed E-state index contributed by atoms with van der Waals surface area (Å²) in [6.07, 6.45) is 1.95. The van der Waals surface area contributed by atoms with Crippen LogP contribution in [-0.2, 0) is 0 Å². The van der Waals surface area contributed by atoms with Crippen molar-refractivity contribution in [1.29, 1.82) is 0 Å². The Labute approximate surface area is 78.0 Å². The minimum atomic E-state index is 0.374. The van der Waals surface area contributed by atoms with E-state index in [0.29, 0.717) is 5.75 Å². The molecule has 10 heavy (non-hydrogen) atoms. The summed E-state index contributed by atoms with van der Waals surface area (Å²) >= 11 is 3.72. The Kier molecular flexibility index (Phi) is 2.85. The number of phenols is 1. The Balaban J connectivity index is 3.07. The molecule has 0 heterocycles. The van der Waals surface area contributed by atoms with Crippen LogP contribution in [0.25, 0.3) is 0 Å². The van der Waals surface area contributed by atoms with Crippen LogP contribution in [0, 0.1) is 3.57 Å². The van der Waals surface area contributed by atoms with Crippen molar-refractivity contribution in [2.24, 2.45) is 0 Å². The molecule has 1 rings (SSSR count). The lowest BCUT2D eigenvalue weighted by molar-refractivity contribution is 0.462. The Morgan fingerprint density at radius 2 is 2.20 bits per heavy atom. The van der Waals surface area contributed by atoms with Crippen LogP contribution in [0.2, 0.25) is 0 Å². The highest BCUT2D eigenvalue weighted by molar-refractivity contribution is 14.1. The Bertz CT molecular complexity index is 237. The molecule has 0 saturated carbocycles. The third-order valence-corrected chi connectivity index (χ3v) is 2.60. The van der Waals surface area contributed by atoms with Gasteiger partial charge in [-0.1, -0.05) is 0 Å². The molecule has 1 nitrogen and oxygen atoms in total. The quantitative estimate of drug-likeness (QED) is 0.623. The Hall–Kier alpha value is 0.1000. The first-order chi connectivity index (χ1) is 4.74. The number of aromatic hydroxyl groups is 1. The van der Waals surface area contributed by atoms with Crippen LogP contribution in [0.5, 0.6) is 5.75 Å². The Morgan fingerprint density at radius 3 is 2.70 bits per heavy atom.